The predicted octanol–water partition coefficient (Wildman–Crippen LogP) is 3.26. The zero-order chi connectivity index (χ0) is 13.9. The van der Waals surface area contributed by atoms with E-state index in [0.29, 0.717) is 23.9 Å². The number of aryl methyl sites for hydroxylation is 1. The third-order valence-electron chi connectivity index (χ3n) is 2.47. The molecule has 1 aromatic carbocycles. The maximum Gasteiger partial charge on any atom is 0.416 e. The Labute approximate surface area is 107 Å². The summed E-state index contributed by atoms with van der Waals surface area (Å²) in [5.74, 6) is 0.931. The van der Waals surface area contributed by atoms with Crippen molar-refractivity contribution >= 4 is 5.69 Å². The molecule has 0 aliphatic rings. The van der Waals surface area contributed by atoms with Gasteiger partial charge in [0.15, 0.2) is 0 Å². The van der Waals surface area contributed by atoms with Gasteiger partial charge in [0.1, 0.15) is 0 Å². The van der Waals surface area contributed by atoms with Crippen LogP contribution in [0.25, 0.3) is 0 Å². The minimum atomic E-state index is -4.32. The second kappa shape index (κ2) is 5.29. The van der Waals surface area contributed by atoms with Crippen LogP contribution in [-0.2, 0) is 19.1 Å². The van der Waals surface area contributed by atoms with Gasteiger partial charge in [0.25, 0.3) is 0 Å². The minimum Gasteiger partial charge on any atom is -0.423 e. The molecule has 1 heterocycles. The van der Waals surface area contributed by atoms with Gasteiger partial charge in [-0.3, -0.25) is 0 Å². The second-order valence-corrected chi connectivity index (χ2v) is 3.87. The molecule has 2 aromatic rings. The molecule has 0 aliphatic heterocycles. The van der Waals surface area contributed by atoms with Gasteiger partial charge in [-0.05, 0) is 24.3 Å². The Morgan fingerprint density at radius 3 is 2.26 bits per heavy atom. The third kappa shape index (κ3) is 3.46. The number of anilines is 1. The molecule has 0 radical (unpaired) electrons. The summed E-state index contributed by atoms with van der Waals surface area (Å²) in [6.45, 7) is 2.17. The SMILES string of the molecule is CCc1nnc(CNc2ccc(C(F)(F)F)cc2)o1. The Morgan fingerprint density at radius 2 is 1.74 bits per heavy atom. The lowest BCUT2D eigenvalue weighted by molar-refractivity contribution is -0.137. The molecule has 0 saturated heterocycles. The molecule has 0 saturated carbocycles. The molecule has 7 heteroatoms. The number of nitrogens with zero attached hydrogens (tertiary/aromatic N) is 2. The highest BCUT2D eigenvalue weighted by atomic mass is 19.4. The van der Waals surface area contributed by atoms with Gasteiger partial charge in [-0.25, -0.2) is 0 Å². The lowest BCUT2D eigenvalue weighted by Gasteiger charge is -2.08. The van der Waals surface area contributed by atoms with Gasteiger partial charge in [-0.2, -0.15) is 13.2 Å². The quantitative estimate of drug-likeness (QED) is 0.927. The van der Waals surface area contributed by atoms with Crippen molar-refractivity contribution in [1.82, 2.24) is 10.2 Å². The molecule has 19 heavy (non-hydrogen) atoms. The Kier molecular flexibility index (Phi) is 3.73. The monoisotopic (exact) mass is 271 g/mol. The maximum atomic E-state index is 12.4. The number of aromatic nitrogens is 2. The largest absolute Gasteiger partial charge is 0.423 e. The van der Waals surface area contributed by atoms with Gasteiger partial charge in [0.05, 0.1) is 12.1 Å². The maximum absolute atomic E-state index is 12.4. The Bertz CT molecular complexity index is 534. The zero-order valence-corrected chi connectivity index (χ0v) is 10.2. The average Bonchev–Trinajstić information content (AvgIpc) is 2.84. The van der Waals surface area contributed by atoms with Crippen molar-refractivity contribution in [2.75, 3.05) is 5.32 Å². The van der Waals surface area contributed by atoms with Crippen LogP contribution in [0.5, 0.6) is 0 Å². The number of nitrogens with one attached hydrogen (secondary N) is 1. The molecular weight excluding hydrogens is 259 g/mol. The molecule has 0 unspecified atom stereocenters. The van der Waals surface area contributed by atoms with E-state index in [1.165, 1.54) is 12.1 Å². The van der Waals surface area contributed by atoms with E-state index in [2.05, 4.69) is 15.5 Å². The van der Waals surface area contributed by atoms with Gasteiger partial charge >= 0.3 is 6.18 Å². The Hall–Kier alpha value is -2.05. The molecule has 2 rings (SSSR count). The number of benzene rings is 1. The van der Waals surface area contributed by atoms with Crippen molar-refractivity contribution in [1.29, 1.82) is 0 Å². The molecule has 0 fully saturated rings. The average molecular weight is 271 g/mol. The van der Waals surface area contributed by atoms with E-state index in [1.54, 1.807) is 0 Å². The van der Waals surface area contributed by atoms with Crippen molar-refractivity contribution in [2.45, 2.75) is 26.1 Å². The van der Waals surface area contributed by atoms with E-state index in [4.69, 9.17) is 4.42 Å². The van der Waals surface area contributed by atoms with Crippen molar-refractivity contribution in [3.63, 3.8) is 0 Å². The molecule has 1 N–H and O–H groups in total. The van der Waals surface area contributed by atoms with Crippen LogP contribution in [0.2, 0.25) is 0 Å². The summed E-state index contributed by atoms with van der Waals surface area (Å²) in [6.07, 6.45) is -3.67. The van der Waals surface area contributed by atoms with Gasteiger partial charge in [-0.15, -0.1) is 10.2 Å². The highest BCUT2D eigenvalue weighted by Crippen LogP contribution is 2.29. The van der Waals surface area contributed by atoms with Crippen LogP contribution in [-0.4, -0.2) is 10.2 Å². The fraction of sp³-hybridized carbons (Fsp3) is 0.333. The van der Waals surface area contributed by atoms with E-state index in [0.717, 1.165) is 12.1 Å². The molecule has 1 aromatic heterocycles. The summed E-state index contributed by atoms with van der Waals surface area (Å²) in [5, 5.41) is 10.5. The van der Waals surface area contributed by atoms with Crippen LogP contribution in [0.3, 0.4) is 0 Å². The molecule has 4 nitrogen and oxygen atoms in total. The van der Waals surface area contributed by atoms with Crippen molar-refractivity contribution < 1.29 is 17.6 Å². The summed E-state index contributed by atoms with van der Waals surface area (Å²) < 4.78 is 42.3. The lowest BCUT2D eigenvalue weighted by atomic mass is 10.2. The van der Waals surface area contributed by atoms with Crippen molar-refractivity contribution in [3.8, 4) is 0 Å². The zero-order valence-electron chi connectivity index (χ0n) is 10.2. The molecule has 0 aliphatic carbocycles. The lowest BCUT2D eigenvalue weighted by Crippen LogP contribution is -2.05. The first-order valence-corrected chi connectivity index (χ1v) is 5.71. The highest BCUT2D eigenvalue weighted by molar-refractivity contribution is 5.45. The van der Waals surface area contributed by atoms with E-state index in [-0.39, 0.29) is 6.54 Å². The van der Waals surface area contributed by atoms with E-state index >= 15 is 0 Å². The van der Waals surface area contributed by atoms with Crippen molar-refractivity contribution in [3.05, 3.63) is 41.6 Å². The summed E-state index contributed by atoms with van der Waals surface area (Å²) in [7, 11) is 0. The first kappa shape index (κ1) is 13.4. The summed E-state index contributed by atoms with van der Waals surface area (Å²) in [6, 6.07) is 4.76. The smallest absolute Gasteiger partial charge is 0.416 e. The van der Waals surface area contributed by atoms with Gasteiger partial charge < -0.3 is 9.73 Å². The topological polar surface area (TPSA) is 51.0 Å². The van der Waals surface area contributed by atoms with Crippen LogP contribution < -0.4 is 5.32 Å². The van der Waals surface area contributed by atoms with Gasteiger partial charge in [0, 0.05) is 12.1 Å². The third-order valence-corrected chi connectivity index (χ3v) is 2.47. The minimum absolute atomic E-state index is 0.276. The molecule has 0 amide bonds. The van der Waals surface area contributed by atoms with Crippen LogP contribution in [0.15, 0.2) is 28.7 Å². The van der Waals surface area contributed by atoms with Gasteiger partial charge in [-0.1, -0.05) is 6.92 Å². The number of hydrogen-bond acceptors (Lipinski definition) is 4. The number of alkyl halides is 3. The molecule has 0 spiro atoms. The van der Waals surface area contributed by atoms with Crippen LogP contribution in [0.4, 0.5) is 18.9 Å². The van der Waals surface area contributed by atoms with E-state index in [9.17, 15) is 13.2 Å². The van der Waals surface area contributed by atoms with Crippen LogP contribution in [0, 0.1) is 0 Å². The standard InChI is InChI=1S/C12H12F3N3O/c1-2-10-17-18-11(19-10)7-16-9-5-3-8(4-6-9)12(13,14)15/h3-6,16H,2,7H2,1H3. The molecular formula is C12H12F3N3O. The van der Waals surface area contributed by atoms with Crippen LogP contribution >= 0.6 is 0 Å². The van der Waals surface area contributed by atoms with Gasteiger partial charge in [0.2, 0.25) is 11.8 Å². The summed E-state index contributed by atoms with van der Waals surface area (Å²) in [4.78, 5) is 0. The first-order chi connectivity index (χ1) is 8.99. The normalized spacial score (nSPS) is 11.6. The van der Waals surface area contributed by atoms with Crippen molar-refractivity contribution in [2.24, 2.45) is 0 Å². The fourth-order valence-corrected chi connectivity index (χ4v) is 1.46. The van der Waals surface area contributed by atoms with Crippen LogP contribution in [0.1, 0.15) is 24.3 Å². The molecule has 0 bridgehead atoms. The van der Waals surface area contributed by atoms with E-state index in [1.807, 2.05) is 6.92 Å². The first-order valence-electron chi connectivity index (χ1n) is 5.71. The summed E-state index contributed by atoms with van der Waals surface area (Å²) in [5.41, 5.74) is -0.117. The Morgan fingerprint density at radius 1 is 1.11 bits per heavy atom. The number of rotatable bonds is 4. The second-order valence-electron chi connectivity index (χ2n) is 3.87. The predicted molar refractivity (Wildman–Crippen MR) is 62.4 cm³/mol. The van der Waals surface area contributed by atoms with E-state index < -0.39 is 11.7 Å². The number of hydrogen-bond donors (Lipinski definition) is 1. The molecule has 0 atom stereocenters. The highest BCUT2D eigenvalue weighted by Gasteiger charge is 2.29. The fourth-order valence-electron chi connectivity index (χ4n) is 1.46. The molecule has 102 valence electrons. The summed E-state index contributed by atoms with van der Waals surface area (Å²) >= 11 is 0. The Balaban J connectivity index is 1.96. The number of halogens is 3.